The van der Waals surface area contributed by atoms with E-state index in [9.17, 15) is 0 Å². The normalized spacial score (nSPS) is 11.8. The van der Waals surface area contributed by atoms with Gasteiger partial charge in [-0.1, -0.05) is 38.1 Å². The number of aliphatic imine (C=N–C) groups is 1. The lowest BCUT2D eigenvalue weighted by molar-refractivity contribution is 0.780. The number of aryl methyl sites for hydroxylation is 1. The average molecular weight is 345 g/mol. The Morgan fingerprint density at radius 1 is 1.25 bits per heavy atom. The molecule has 2 rings (SSSR count). The molecule has 0 bridgehead atoms. The highest BCUT2D eigenvalue weighted by molar-refractivity contribution is 7.09. The van der Waals surface area contributed by atoms with Crippen LogP contribution in [0.3, 0.4) is 0 Å². The number of rotatable bonds is 7. The number of guanidine groups is 1. The predicted octanol–water partition coefficient (Wildman–Crippen LogP) is 3.87. The maximum Gasteiger partial charge on any atom is 0.191 e. The summed E-state index contributed by atoms with van der Waals surface area (Å²) in [5.74, 6) is 1.37. The Kier molecular flexibility index (Phi) is 7.25. The number of nitrogens with zero attached hydrogens (tertiary/aromatic N) is 2. The maximum atomic E-state index is 4.69. The highest BCUT2D eigenvalue weighted by Crippen LogP contribution is 2.19. The van der Waals surface area contributed by atoms with Gasteiger partial charge in [-0.15, -0.1) is 11.3 Å². The Bertz CT molecular complexity index is 661. The summed E-state index contributed by atoms with van der Waals surface area (Å²) in [5.41, 5.74) is 3.70. The molecule has 1 heterocycles. The molecule has 130 valence electrons. The molecule has 0 atom stereocenters. The summed E-state index contributed by atoms with van der Waals surface area (Å²) in [6, 6.07) is 8.38. The van der Waals surface area contributed by atoms with Gasteiger partial charge in [0.2, 0.25) is 0 Å². The molecule has 0 unspecified atom stereocenters. The molecule has 0 spiro atoms. The molecule has 2 N–H and O–H groups in total. The van der Waals surface area contributed by atoms with Crippen molar-refractivity contribution in [2.75, 3.05) is 13.1 Å². The summed E-state index contributed by atoms with van der Waals surface area (Å²) in [6.45, 7) is 11.0. The third-order valence-electron chi connectivity index (χ3n) is 3.75. The Morgan fingerprint density at radius 3 is 2.71 bits per heavy atom. The SMILES string of the molecule is CCNC(=NCc1ccccc1C)NCCc1csc(C(C)C)n1. The number of aromatic nitrogens is 1. The summed E-state index contributed by atoms with van der Waals surface area (Å²) >= 11 is 1.75. The van der Waals surface area contributed by atoms with Gasteiger partial charge in [-0.2, -0.15) is 0 Å². The van der Waals surface area contributed by atoms with Gasteiger partial charge in [-0.05, 0) is 25.0 Å². The smallest absolute Gasteiger partial charge is 0.191 e. The highest BCUT2D eigenvalue weighted by Gasteiger charge is 2.06. The molecule has 1 aromatic heterocycles. The van der Waals surface area contributed by atoms with Crippen LogP contribution in [-0.4, -0.2) is 24.0 Å². The number of thiazole rings is 1. The first-order chi connectivity index (χ1) is 11.6. The van der Waals surface area contributed by atoms with Gasteiger partial charge in [0.15, 0.2) is 5.96 Å². The molecule has 0 aliphatic carbocycles. The third-order valence-corrected chi connectivity index (χ3v) is 4.94. The zero-order valence-electron chi connectivity index (χ0n) is 15.1. The van der Waals surface area contributed by atoms with Gasteiger partial charge in [0.1, 0.15) is 0 Å². The van der Waals surface area contributed by atoms with Gasteiger partial charge in [0.05, 0.1) is 17.2 Å². The second-order valence-corrected chi connectivity index (χ2v) is 7.02. The minimum atomic E-state index is 0.504. The molecule has 4 nitrogen and oxygen atoms in total. The minimum absolute atomic E-state index is 0.504. The zero-order chi connectivity index (χ0) is 17.4. The van der Waals surface area contributed by atoms with Crippen LogP contribution >= 0.6 is 11.3 Å². The van der Waals surface area contributed by atoms with Crippen molar-refractivity contribution in [2.45, 2.75) is 46.6 Å². The fourth-order valence-electron chi connectivity index (χ4n) is 2.31. The van der Waals surface area contributed by atoms with E-state index in [1.807, 2.05) is 0 Å². The molecule has 5 heteroatoms. The van der Waals surface area contributed by atoms with Crippen LogP contribution in [0, 0.1) is 6.92 Å². The molecular weight excluding hydrogens is 316 g/mol. The lowest BCUT2D eigenvalue weighted by Gasteiger charge is -2.11. The van der Waals surface area contributed by atoms with Crippen molar-refractivity contribution in [1.29, 1.82) is 0 Å². The Labute approximate surface area is 149 Å². The second kappa shape index (κ2) is 9.42. The van der Waals surface area contributed by atoms with Crippen LogP contribution in [0.4, 0.5) is 0 Å². The summed E-state index contributed by atoms with van der Waals surface area (Å²) in [7, 11) is 0. The van der Waals surface area contributed by atoms with Gasteiger partial charge < -0.3 is 10.6 Å². The van der Waals surface area contributed by atoms with Crippen LogP contribution in [0.5, 0.6) is 0 Å². The van der Waals surface area contributed by atoms with E-state index in [1.165, 1.54) is 16.1 Å². The van der Waals surface area contributed by atoms with E-state index < -0.39 is 0 Å². The first-order valence-electron chi connectivity index (χ1n) is 8.61. The van der Waals surface area contributed by atoms with E-state index in [4.69, 9.17) is 0 Å². The van der Waals surface area contributed by atoms with Gasteiger partial charge in [-0.25, -0.2) is 9.98 Å². The molecule has 0 aliphatic rings. The molecule has 0 aliphatic heterocycles. The summed E-state index contributed by atoms with van der Waals surface area (Å²) in [4.78, 5) is 9.36. The molecule has 0 amide bonds. The predicted molar refractivity (Wildman–Crippen MR) is 104 cm³/mol. The highest BCUT2D eigenvalue weighted by atomic mass is 32.1. The number of hydrogen-bond acceptors (Lipinski definition) is 3. The van der Waals surface area contributed by atoms with Crippen molar-refractivity contribution in [2.24, 2.45) is 4.99 Å². The lowest BCUT2D eigenvalue weighted by Crippen LogP contribution is -2.38. The molecule has 0 saturated carbocycles. The van der Waals surface area contributed by atoms with Crippen molar-refractivity contribution in [3.05, 3.63) is 51.5 Å². The Balaban J connectivity index is 1.88. The van der Waals surface area contributed by atoms with Gasteiger partial charge in [0, 0.05) is 30.8 Å². The van der Waals surface area contributed by atoms with Gasteiger partial charge in [0.25, 0.3) is 0 Å². The van der Waals surface area contributed by atoms with E-state index >= 15 is 0 Å². The van der Waals surface area contributed by atoms with Gasteiger partial charge in [-0.3, -0.25) is 0 Å². The van der Waals surface area contributed by atoms with E-state index in [1.54, 1.807) is 11.3 Å². The van der Waals surface area contributed by atoms with Crippen molar-refractivity contribution in [3.63, 3.8) is 0 Å². The largest absolute Gasteiger partial charge is 0.357 e. The molecule has 1 aromatic carbocycles. The molecule has 0 radical (unpaired) electrons. The fraction of sp³-hybridized carbons (Fsp3) is 0.474. The molecule has 2 aromatic rings. The first-order valence-corrected chi connectivity index (χ1v) is 9.49. The fourth-order valence-corrected chi connectivity index (χ4v) is 3.17. The maximum absolute atomic E-state index is 4.69. The topological polar surface area (TPSA) is 49.3 Å². The molecule has 24 heavy (non-hydrogen) atoms. The van der Waals surface area contributed by atoms with Crippen LogP contribution < -0.4 is 10.6 Å². The van der Waals surface area contributed by atoms with E-state index in [0.717, 1.165) is 31.2 Å². The van der Waals surface area contributed by atoms with Crippen LogP contribution in [-0.2, 0) is 13.0 Å². The summed E-state index contributed by atoms with van der Waals surface area (Å²) < 4.78 is 0. The van der Waals surface area contributed by atoms with Crippen LogP contribution in [0.25, 0.3) is 0 Å². The van der Waals surface area contributed by atoms with Crippen molar-refractivity contribution in [1.82, 2.24) is 15.6 Å². The molecular formula is C19H28N4S. The lowest BCUT2D eigenvalue weighted by atomic mass is 10.1. The standard InChI is InChI=1S/C19H28N4S/c1-5-20-19(22-12-16-9-7-6-8-15(16)4)21-11-10-17-13-24-18(23-17)14(2)3/h6-9,13-14H,5,10-12H2,1-4H3,(H2,20,21,22). The second-order valence-electron chi connectivity index (χ2n) is 6.13. The van der Waals surface area contributed by atoms with Crippen LogP contribution in [0.15, 0.2) is 34.6 Å². The number of hydrogen-bond donors (Lipinski definition) is 2. The Hall–Kier alpha value is -1.88. The van der Waals surface area contributed by atoms with Gasteiger partial charge >= 0.3 is 0 Å². The first kappa shape index (κ1) is 18.5. The Morgan fingerprint density at radius 2 is 2.04 bits per heavy atom. The van der Waals surface area contributed by atoms with E-state index in [0.29, 0.717) is 12.5 Å². The number of benzene rings is 1. The van der Waals surface area contributed by atoms with Crippen molar-refractivity contribution in [3.8, 4) is 0 Å². The average Bonchev–Trinajstić information content (AvgIpc) is 3.03. The summed E-state index contributed by atoms with van der Waals surface area (Å²) in [6.07, 6.45) is 0.915. The summed E-state index contributed by atoms with van der Waals surface area (Å²) in [5, 5.41) is 10.1. The van der Waals surface area contributed by atoms with Crippen molar-refractivity contribution < 1.29 is 0 Å². The number of nitrogens with one attached hydrogen (secondary N) is 2. The monoisotopic (exact) mass is 344 g/mol. The van der Waals surface area contributed by atoms with Crippen molar-refractivity contribution >= 4 is 17.3 Å². The quantitative estimate of drug-likeness (QED) is 0.592. The minimum Gasteiger partial charge on any atom is -0.357 e. The van der Waals surface area contributed by atoms with E-state index in [-0.39, 0.29) is 0 Å². The molecule has 0 saturated heterocycles. The third kappa shape index (κ3) is 5.64. The van der Waals surface area contributed by atoms with Crippen LogP contribution in [0.1, 0.15) is 48.5 Å². The zero-order valence-corrected chi connectivity index (χ0v) is 15.9. The van der Waals surface area contributed by atoms with Crippen LogP contribution in [0.2, 0.25) is 0 Å². The molecule has 0 fully saturated rings. The van der Waals surface area contributed by atoms with E-state index in [2.05, 4.69) is 78.0 Å².